The third-order valence-electron chi connectivity index (χ3n) is 4.38. The van der Waals surface area contributed by atoms with Crippen molar-refractivity contribution in [3.05, 3.63) is 47.5 Å². The third kappa shape index (κ3) is 2.15. The fourth-order valence-electron chi connectivity index (χ4n) is 3.48. The van der Waals surface area contributed by atoms with Crippen LogP contribution in [0.25, 0.3) is 0 Å². The van der Waals surface area contributed by atoms with Crippen LogP contribution in [-0.2, 0) is 11.0 Å². The van der Waals surface area contributed by atoms with E-state index in [1.54, 1.807) is 18.2 Å². The number of hydrogen-bond acceptors (Lipinski definition) is 4. The summed E-state index contributed by atoms with van der Waals surface area (Å²) in [7, 11) is 0. The van der Waals surface area contributed by atoms with E-state index in [2.05, 4.69) is 13.8 Å². The standard InChI is InChI=1S/C18H20O4/c1-17(2)10-18(3,12-8-7-11(19)9-15(12)21)22-16-13(17)5-4-6-14(16)20/h4-9,19-21H,10H2,1-3H3. The molecule has 1 atom stereocenters. The van der Waals surface area contributed by atoms with Crippen molar-refractivity contribution in [2.24, 2.45) is 0 Å². The van der Waals surface area contributed by atoms with Crippen molar-refractivity contribution in [2.45, 2.75) is 38.2 Å². The van der Waals surface area contributed by atoms with E-state index in [0.29, 0.717) is 17.7 Å². The lowest BCUT2D eigenvalue weighted by Crippen LogP contribution is -2.41. The molecule has 0 spiro atoms. The minimum atomic E-state index is -0.798. The van der Waals surface area contributed by atoms with Crippen LogP contribution in [0.2, 0.25) is 0 Å². The molecule has 1 unspecified atom stereocenters. The Balaban J connectivity index is 2.16. The minimum Gasteiger partial charge on any atom is -0.508 e. The first-order valence-corrected chi connectivity index (χ1v) is 7.27. The first-order valence-electron chi connectivity index (χ1n) is 7.27. The van der Waals surface area contributed by atoms with Gasteiger partial charge in [0.2, 0.25) is 0 Å². The summed E-state index contributed by atoms with van der Waals surface area (Å²) >= 11 is 0. The van der Waals surface area contributed by atoms with E-state index < -0.39 is 5.60 Å². The van der Waals surface area contributed by atoms with Gasteiger partial charge in [-0.25, -0.2) is 0 Å². The number of rotatable bonds is 1. The molecule has 4 nitrogen and oxygen atoms in total. The Hall–Kier alpha value is -2.36. The van der Waals surface area contributed by atoms with E-state index in [9.17, 15) is 15.3 Å². The van der Waals surface area contributed by atoms with Crippen molar-refractivity contribution in [2.75, 3.05) is 0 Å². The Labute approximate surface area is 129 Å². The van der Waals surface area contributed by atoms with Gasteiger partial charge >= 0.3 is 0 Å². The summed E-state index contributed by atoms with van der Waals surface area (Å²) in [5, 5.41) is 29.8. The highest BCUT2D eigenvalue weighted by atomic mass is 16.5. The van der Waals surface area contributed by atoms with E-state index in [0.717, 1.165) is 5.56 Å². The van der Waals surface area contributed by atoms with Crippen LogP contribution in [0, 0.1) is 0 Å². The summed E-state index contributed by atoms with van der Waals surface area (Å²) in [6, 6.07) is 9.84. The van der Waals surface area contributed by atoms with Crippen molar-refractivity contribution in [3.8, 4) is 23.0 Å². The van der Waals surface area contributed by atoms with Gasteiger partial charge in [0.15, 0.2) is 11.5 Å². The maximum atomic E-state index is 10.2. The molecule has 0 amide bonds. The van der Waals surface area contributed by atoms with Crippen LogP contribution in [0.1, 0.15) is 38.3 Å². The summed E-state index contributed by atoms with van der Waals surface area (Å²) < 4.78 is 6.10. The van der Waals surface area contributed by atoms with Gasteiger partial charge in [-0.2, -0.15) is 0 Å². The zero-order valence-corrected chi connectivity index (χ0v) is 12.9. The van der Waals surface area contributed by atoms with Gasteiger partial charge in [0.1, 0.15) is 17.1 Å². The Morgan fingerprint density at radius 1 is 0.909 bits per heavy atom. The molecule has 0 saturated heterocycles. The second-order valence-corrected chi connectivity index (χ2v) is 6.75. The molecule has 2 aromatic rings. The summed E-state index contributed by atoms with van der Waals surface area (Å²) in [6.07, 6.45) is 0.634. The molecule has 4 heteroatoms. The Bertz CT molecular complexity index is 736. The van der Waals surface area contributed by atoms with Gasteiger partial charge in [-0.1, -0.05) is 26.0 Å². The fraction of sp³-hybridized carbons (Fsp3) is 0.333. The molecule has 1 aliphatic rings. The number of phenols is 3. The van der Waals surface area contributed by atoms with Crippen LogP contribution in [0.3, 0.4) is 0 Å². The van der Waals surface area contributed by atoms with Crippen LogP contribution < -0.4 is 4.74 Å². The lowest BCUT2D eigenvalue weighted by molar-refractivity contribution is 0.0274. The number of hydrogen-bond donors (Lipinski definition) is 3. The molecule has 0 radical (unpaired) electrons. The lowest BCUT2D eigenvalue weighted by Gasteiger charge is -2.44. The van der Waals surface area contributed by atoms with E-state index in [4.69, 9.17) is 4.74 Å². The highest BCUT2D eigenvalue weighted by Gasteiger charge is 2.45. The second kappa shape index (κ2) is 4.57. The van der Waals surface area contributed by atoms with Gasteiger partial charge in [-0.15, -0.1) is 0 Å². The molecule has 3 N–H and O–H groups in total. The molecule has 0 aromatic heterocycles. The first kappa shape index (κ1) is 14.6. The van der Waals surface area contributed by atoms with Crippen LogP contribution in [0.5, 0.6) is 23.0 Å². The predicted molar refractivity (Wildman–Crippen MR) is 83.5 cm³/mol. The number of aromatic hydroxyl groups is 3. The van der Waals surface area contributed by atoms with Crippen molar-refractivity contribution in [1.29, 1.82) is 0 Å². The van der Waals surface area contributed by atoms with Gasteiger partial charge < -0.3 is 20.1 Å². The molecule has 1 aliphatic heterocycles. The Morgan fingerprint density at radius 3 is 2.32 bits per heavy atom. The predicted octanol–water partition coefficient (Wildman–Crippen LogP) is 3.78. The average molecular weight is 300 g/mol. The molecule has 1 heterocycles. The number of ether oxygens (including phenoxy) is 1. The molecule has 2 aromatic carbocycles. The fourth-order valence-corrected chi connectivity index (χ4v) is 3.48. The van der Waals surface area contributed by atoms with Crippen molar-refractivity contribution in [1.82, 2.24) is 0 Å². The van der Waals surface area contributed by atoms with Crippen molar-refractivity contribution < 1.29 is 20.1 Å². The molecule has 0 fully saturated rings. The molecular weight excluding hydrogens is 280 g/mol. The maximum Gasteiger partial charge on any atom is 0.166 e. The number of phenolic OH excluding ortho intramolecular Hbond substituents is 3. The van der Waals surface area contributed by atoms with Gasteiger partial charge in [0.05, 0.1) is 0 Å². The van der Waals surface area contributed by atoms with Gasteiger partial charge in [-0.05, 0) is 30.5 Å². The highest BCUT2D eigenvalue weighted by molar-refractivity contribution is 5.53. The SMILES string of the molecule is CC1(C)CC(C)(c2ccc(O)cc2O)Oc2c(O)cccc21. The van der Waals surface area contributed by atoms with Crippen LogP contribution in [0.15, 0.2) is 36.4 Å². The lowest BCUT2D eigenvalue weighted by atomic mass is 9.71. The summed E-state index contributed by atoms with van der Waals surface area (Å²) in [5.74, 6) is 0.531. The zero-order chi connectivity index (χ0) is 16.1. The molecule has 0 bridgehead atoms. The monoisotopic (exact) mass is 300 g/mol. The van der Waals surface area contributed by atoms with E-state index in [-0.39, 0.29) is 22.7 Å². The van der Waals surface area contributed by atoms with E-state index in [1.165, 1.54) is 12.1 Å². The molecule has 0 saturated carbocycles. The van der Waals surface area contributed by atoms with Crippen molar-refractivity contribution >= 4 is 0 Å². The van der Waals surface area contributed by atoms with Gasteiger partial charge in [0, 0.05) is 23.6 Å². The molecular formula is C18H20O4. The zero-order valence-electron chi connectivity index (χ0n) is 12.9. The smallest absolute Gasteiger partial charge is 0.166 e. The minimum absolute atomic E-state index is 0.00293. The Kier molecular flexibility index (Phi) is 3.02. The summed E-state index contributed by atoms with van der Waals surface area (Å²) in [4.78, 5) is 0. The van der Waals surface area contributed by atoms with Crippen LogP contribution in [0.4, 0.5) is 0 Å². The third-order valence-corrected chi connectivity index (χ3v) is 4.38. The van der Waals surface area contributed by atoms with E-state index >= 15 is 0 Å². The Morgan fingerprint density at radius 2 is 1.64 bits per heavy atom. The van der Waals surface area contributed by atoms with Crippen molar-refractivity contribution in [3.63, 3.8) is 0 Å². The molecule has 116 valence electrons. The number of para-hydroxylation sites is 1. The van der Waals surface area contributed by atoms with Crippen LogP contribution >= 0.6 is 0 Å². The highest BCUT2D eigenvalue weighted by Crippen LogP contribution is 2.52. The first-order chi connectivity index (χ1) is 10.2. The summed E-state index contributed by atoms with van der Waals surface area (Å²) in [5.41, 5.74) is 0.508. The average Bonchev–Trinajstić information content (AvgIpc) is 2.39. The molecule has 22 heavy (non-hydrogen) atoms. The van der Waals surface area contributed by atoms with E-state index in [1.807, 2.05) is 13.0 Å². The van der Waals surface area contributed by atoms with Gasteiger partial charge in [-0.3, -0.25) is 0 Å². The summed E-state index contributed by atoms with van der Waals surface area (Å²) in [6.45, 7) is 6.06. The second-order valence-electron chi connectivity index (χ2n) is 6.75. The van der Waals surface area contributed by atoms with Gasteiger partial charge in [0.25, 0.3) is 0 Å². The molecule has 3 rings (SSSR count). The topological polar surface area (TPSA) is 69.9 Å². The molecule has 0 aliphatic carbocycles. The normalized spacial score (nSPS) is 22.7. The largest absolute Gasteiger partial charge is 0.508 e. The number of fused-ring (bicyclic) bond motifs is 1. The maximum absolute atomic E-state index is 10.2. The quantitative estimate of drug-likeness (QED) is 0.749. The number of benzene rings is 2. The van der Waals surface area contributed by atoms with Crippen LogP contribution in [-0.4, -0.2) is 15.3 Å².